The second-order valence-electron chi connectivity index (χ2n) is 6.83. The van der Waals surface area contributed by atoms with Crippen LogP contribution in [0.15, 0.2) is 48.8 Å². The van der Waals surface area contributed by atoms with Crippen LogP contribution in [0.4, 0.5) is 5.82 Å². The predicted molar refractivity (Wildman–Crippen MR) is 98.7 cm³/mol. The van der Waals surface area contributed by atoms with E-state index in [9.17, 15) is 20.1 Å². The molecule has 4 N–H and O–H groups in total. The summed E-state index contributed by atoms with van der Waals surface area (Å²) in [7, 11) is 0. The summed E-state index contributed by atoms with van der Waals surface area (Å²) in [5.41, 5.74) is 0.152. The number of ether oxygens (including phenoxy) is 1. The van der Waals surface area contributed by atoms with Gasteiger partial charge in [-0.2, -0.15) is 5.10 Å². The molecule has 9 heteroatoms. The number of hydrogen-bond donors (Lipinski definition) is 4. The van der Waals surface area contributed by atoms with E-state index < -0.39 is 30.5 Å². The van der Waals surface area contributed by atoms with E-state index in [0.717, 1.165) is 0 Å². The zero-order valence-electron chi connectivity index (χ0n) is 15.1. The van der Waals surface area contributed by atoms with E-state index in [4.69, 9.17) is 4.74 Å². The van der Waals surface area contributed by atoms with Gasteiger partial charge in [0.15, 0.2) is 5.82 Å². The highest BCUT2D eigenvalue weighted by Gasteiger charge is 2.53. The number of amides is 1. The van der Waals surface area contributed by atoms with Crippen LogP contribution >= 0.6 is 0 Å². The summed E-state index contributed by atoms with van der Waals surface area (Å²) in [6, 6.07) is 12.1. The van der Waals surface area contributed by atoms with Gasteiger partial charge >= 0.3 is 0 Å². The van der Waals surface area contributed by atoms with E-state index in [1.165, 1.54) is 10.8 Å². The summed E-state index contributed by atoms with van der Waals surface area (Å²) in [5.74, 6) is -0.0199. The number of nitrogens with zero attached hydrogens (tertiary/aromatic N) is 3. The minimum Gasteiger partial charge on any atom is -0.394 e. The van der Waals surface area contributed by atoms with Gasteiger partial charge in [-0.3, -0.25) is 4.79 Å². The second-order valence-corrected chi connectivity index (χ2v) is 6.83. The van der Waals surface area contributed by atoms with Crippen molar-refractivity contribution in [2.24, 2.45) is 0 Å². The van der Waals surface area contributed by atoms with Gasteiger partial charge in [0.2, 0.25) is 0 Å². The molecule has 0 radical (unpaired) electrons. The molecule has 0 unspecified atom stereocenters. The van der Waals surface area contributed by atoms with Crippen molar-refractivity contribution in [3.63, 3.8) is 0 Å². The molecule has 9 nitrogen and oxygen atoms in total. The topological polar surface area (TPSA) is 129 Å². The van der Waals surface area contributed by atoms with E-state index in [-0.39, 0.29) is 5.91 Å². The number of aliphatic hydroxyl groups excluding tert-OH is 3. The highest BCUT2D eigenvalue weighted by molar-refractivity contribution is 6.05. The van der Waals surface area contributed by atoms with Gasteiger partial charge in [-0.1, -0.05) is 18.2 Å². The number of carbonyl (C=O) groups excluding carboxylic acids is 1. The molecule has 1 aliphatic rings. The first kappa shape index (κ1) is 18.5. The summed E-state index contributed by atoms with van der Waals surface area (Å²) in [6.45, 7) is 1.19. The molecule has 0 bridgehead atoms. The Morgan fingerprint density at radius 3 is 2.68 bits per heavy atom. The Labute approximate surface area is 160 Å². The lowest BCUT2D eigenvalue weighted by Crippen LogP contribution is -2.39. The van der Waals surface area contributed by atoms with Crippen LogP contribution in [0.2, 0.25) is 0 Å². The number of fused-ring (bicyclic) bond motifs is 1. The van der Waals surface area contributed by atoms with E-state index in [1.54, 1.807) is 43.3 Å². The molecule has 0 aliphatic carbocycles. The third-order valence-corrected chi connectivity index (χ3v) is 5.07. The average Bonchev–Trinajstić information content (AvgIpc) is 3.25. The standard InChI is InChI=1S/C19H20N4O5/c1-19(16(26)15(25)13(9-24)28-19)14-8-7-12-17(20-10-21-23(12)14)22-18(27)11-5-3-2-4-6-11/h2-8,10,13,15-16,24-26H,9H2,1H3,(H,20,21,22,27)/t13-,15-,16-,19+/m1/s1. The van der Waals surface area contributed by atoms with Gasteiger partial charge < -0.3 is 25.4 Å². The minimum absolute atomic E-state index is 0.297. The Hall–Kier alpha value is -2.85. The summed E-state index contributed by atoms with van der Waals surface area (Å²) in [4.78, 5) is 16.6. The van der Waals surface area contributed by atoms with Gasteiger partial charge in [0.1, 0.15) is 35.8 Å². The van der Waals surface area contributed by atoms with Crippen LogP contribution in [0.5, 0.6) is 0 Å². The highest BCUT2D eigenvalue weighted by Crippen LogP contribution is 2.40. The van der Waals surface area contributed by atoms with Crippen molar-refractivity contribution in [1.82, 2.24) is 14.6 Å². The Bertz CT molecular complexity index is 1010. The Morgan fingerprint density at radius 1 is 1.25 bits per heavy atom. The van der Waals surface area contributed by atoms with Gasteiger partial charge in [0.05, 0.1) is 12.3 Å². The normalized spacial score (nSPS) is 27.2. The number of anilines is 1. The van der Waals surface area contributed by atoms with Crippen molar-refractivity contribution in [3.8, 4) is 0 Å². The number of rotatable bonds is 4. The molecule has 1 amide bonds. The predicted octanol–water partition coefficient (Wildman–Crippen LogP) is 0.310. The van der Waals surface area contributed by atoms with Crippen LogP contribution in [0.3, 0.4) is 0 Å². The molecular formula is C19H20N4O5. The van der Waals surface area contributed by atoms with Crippen LogP contribution in [0.25, 0.3) is 5.52 Å². The zero-order valence-corrected chi connectivity index (χ0v) is 15.1. The van der Waals surface area contributed by atoms with E-state index >= 15 is 0 Å². The lowest BCUT2D eigenvalue weighted by molar-refractivity contribution is -0.0890. The monoisotopic (exact) mass is 384 g/mol. The molecule has 2 aromatic heterocycles. The molecule has 1 aromatic carbocycles. The van der Waals surface area contributed by atoms with Crippen LogP contribution in [0, 0.1) is 0 Å². The number of aromatic nitrogens is 3. The molecule has 3 aromatic rings. The quantitative estimate of drug-likeness (QED) is 0.509. The lowest BCUT2D eigenvalue weighted by atomic mass is 9.93. The van der Waals surface area contributed by atoms with Crippen LogP contribution in [-0.4, -0.2) is 60.7 Å². The van der Waals surface area contributed by atoms with Gasteiger partial charge in [-0.25, -0.2) is 9.50 Å². The molecule has 1 saturated heterocycles. The summed E-state index contributed by atoms with van der Waals surface area (Å²) < 4.78 is 7.24. The van der Waals surface area contributed by atoms with Gasteiger partial charge in [-0.15, -0.1) is 0 Å². The number of nitrogens with one attached hydrogen (secondary N) is 1. The molecule has 0 spiro atoms. The summed E-state index contributed by atoms with van der Waals surface area (Å²) >= 11 is 0. The third kappa shape index (κ3) is 2.85. The van der Waals surface area contributed by atoms with E-state index in [2.05, 4.69) is 15.4 Å². The number of benzene rings is 1. The molecule has 3 heterocycles. The van der Waals surface area contributed by atoms with Crippen molar-refractivity contribution in [3.05, 3.63) is 60.0 Å². The molecular weight excluding hydrogens is 364 g/mol. The third-order valence-electron chi connectivity index (χ3n) is 5.07. The molecule has 4 rings (SSSR count). The fourth-order valence-corrected chi connectivity index (χ4v) is 3.52. The van der Waals surface area contributed by atoms with Crippen LogP contribution < -0.4 is 5.32 Å². The van der Waals surface area contributed by atoms with Gasteiger partial charge in [0, 0.05) is 5.56 Å². The Balaban J connectivity index is 1.71. The molecule has 4 atom stereocenters. The minimum atomic E-state index is -1.30. The lowest BCUT2D eigenvalue weighted by Gasteiger charge is -2.27. The molecule has 1 aliphatic heterocycles. The van der Waals surface area contributed by atoms with Crippen LogP contribution in [0.1, 0.15) is 23.0 Å². The maximum absolute atomic E-state index is 12.5. The molecule has 1 fully saturated rings. The SMILES string of the molecule is C[C@@]1(c2ccc3c(NC(=O)c4ccccc4)ncnn23)O[C@H](CO)[C@@H](O)[C@H]1O. The summed E-state index contributed by atoms with van der Waals surface area (Å²) in [5, 5.41) is 37.0. The fourth-order valence-electron chi connectivity index (χ4n) is 3.52. The van der Waals surface area contributed by atoms with E-state index in [0.29, 0.717) is 22.6 Å². The smallest absolute Gasteiger partial charge is 0.256 e. The maximum atomic E-state index is 12.5. The molecule has 146 valence electrons. The van der Waals surface area contributed by atoms with Crippen LogP contribution in [-0.2, 0) is 10.3 Å². The molecule has 0 saturated carbocycles. The zero-order chi connectivity index (χ0) is 19.9. The first-order valence-electron chi connectivity index (χ1n) is 8.80. The largest absolute Gasteiger partial charge is 0.394 e. The average molecular weight is 384 g/mol. The summed E-state index contributed by atoms with van der Waals surface area (Å²) in [6.07, 6.45) is -2.13. The first-order chi connectivity index (χ1) is 13.5. The Kier molecular flexibility index (Phi) is 4.60. The maximum Gasteiger partial charge on any atom is 0.256 e. The van der Waals surface area contributed by atoms with Crippen molar-refractivity contribution in [2.45, 2.75) is 30.8 Å². The number of hydrogen-bond acceptors (Lipinski definition) is 7. The number of aliphatic hydroxyl groups is 3. The van der Waals surface area contributed by atoms with Crippen molar-refractivity contribution in [2.75, 3.05) is 11.9 Å². The van der Waals surface area contributed by atoms with Crippen molar-refractivity contribution in [1.29, 1.82) is 0 Å². The van der Waals surface area contributed by atoms with E-state index in [1.807, 2.05) is 6.07 Å². The van der Waals surface area contributed by atoms with Gasteiger partial charge in [-0.05, 0) is 31.2 Å². The number of carbonyl (C=O) groups is 1. The van der Waals surface area contributed by atoms with Crippen molar-refractivity contribution < 1.29 is 24.9 Å². The van der Waals surface area contributed by atoms with Crippen molar-refractivity contribution >= 4 is 17.2 Å². The molecule has 28 heavy (non-hydrogen) atoms. The second kappa shape index (κ2) is 6.95. The highest BCUT2D eigenvalue weighted by atomic mass is 16.6. The first-order valence-corrected chi connectivity index (χ1v) is 8.80. The Morgan fingerprint density at radius 2 is 2.00 bits per heavy atom. The fraction of sp³-hybridized carbons (Fsp3) is 0.316. The van der Waals surface area contributed by atoms with Gasteiger partial charge in [0.25, 0.3) is 5.91 Å².